The van der Waals surface area contributed by atoms with Gasteiger partial charge in [0.1, 0.15) is 0 Å². The Bertz CT molecular complexity index is 1100. The van der Waals surface area contributed by atoms with E-state index in [4.69, 9.17) is 0 Å². The average molecular weight is 388 g/mol. The van der Waals surface area contributed by atoms with Crippen LogP contribution in [0.3, 0.4) is 0 Å². The number of hydrogen-bond acceptors (Lipinski definition) is 4. The molecule has 0 radical (unpaired) electrons. The van der Waals surface area contributed by atoms with Crippen LogP contribution in [0.4, 0.5) is 5.69 Å². The summed E-state index contributed by atoms with van der Waals surface area (Å²) in [6.45, 7) is 2.13. The van der Waals surface area contributed by atoms with Crippen LogP contribution in [0.1, 0.15) is 12.5 Å². The Labute approximate surface area is 167 Å². The fraction of sp³-hybridized carbons (Fsp3) is 0.136. The molecule has 28 heavy (non-hydrogen) atoms. The van der Waals surface area contributed by atoms with E-state index < -0.39 is 0 Å². The maximum atomic E-state index is 12.3. The molecule has 0 bridgehead atoms. The van der Waals surface area contributed by atoms with Gasteiger partial charge < -0.3 is 5.32 Å². The van der Waals surface area contributed by atoms with Crippen LogP contribution in [0.25, 0.3) is 22.2 Å². The minimum absolute atomic E-state index is 0.0843. The van der Waals surface area contributed by atoms with Crippen LogP contribution in [0.2, 0.25) is 0 Å². The molecule has 0 atom stereocenters. The van der Waals surface area contributed by atoms with Crippen LogP contribution < -0.4 is 5.32 Å². The molecule has 3 aromatic carbocycles. The molecule has 0 unspecified atom stereocenters. The predicted octanol–water partition coefficient (Wildman–Crippen LogP) is 4.92. The molecule has 1 aromatic heterocycles. The number of amides is 1. The lowest BCUT2D eigenvalue weighted by Crippen LogP contribution is -2.14. The van der Waals surface area contributed by atoms with Gasteiger partial charge in [-0.05, 0) is 34.9 Å². The highest BCUT2D eigenvalue weighted by Crippen LogP contribution is 2.21. The summed E-state index contributed by atoms with van der Waals surface area (Å²) in [5.74, 6) is 0.873. The van der Waals surface area contributed by atoms with Gasteiger partial charge in [0.2, 0.25) is 11.1 Å². The summed E-state index contributed by atoms with van der Waals surface area (Å²) in [7, 11) is 0. The predicted molar refractivity (Wildman–Crippen MR) is 114 cm³/mol. The normalized spacial score (nSPS) is 10.9. The zero-order valence-corrected chi connectivity index (χ0v) is 16.3. The first kappa shape index (κ1) is 18.3. The standard InChI is InChI=1S/C22H20N4OS/c1-2-15-7-9-17(10-8-15)21-24-22(26-25-21)28-14-20(27)23-19-12-11-16-5-3-4-6-18(16)13-19/h3-13H,2,14H2,1H3,(H,23,27)(H,24,25,26). The van der Waals surface area contributed by atoms with Crippen molar-refractivity contribution in [2.75, 3.05) is 11.1 Å². The first-order chi connectivity index (χ1) is 13.7. The number of nitrogens with one attached hydrogen (secondary N) is 2. The summed E-state index contributed by atoms with van der Waals surface area (Å²) in [6.07, 6.45) is 1.00. The average Bonchev–Trinajstić information content (AvgIpc) is 3.21. The first-order valence-electron chi connectivity index (χ1n) is 9.14. The van der Waals surface area contributed by atoms with Crippen LogP contribution >= 0.6 is 11.8 Å². The molecular weight excluding hydrogens is 368 g/mol. The Morgan fingerprint density at radius 1 is 1.04 bits per heavy atom. The molecule has 1 amide bonds. The van der Waals surface area contributed by atoms with E-state index in [1.54, 1.807) is 0 Å². The molecule has 0 aliphatic rings. The second-order valence-electron chi connectivity index (χ2n) is 6.42. The van der Waals surface area contributed by atoms with E-state index in [9.17, 15) is 4.79 Å². The van der Waals surface area contributed by atoms with Crippen molar-refractivity contribution in [1.82, 2.24) is 15.2 Å². The number of carbonyl (C=O) groups excluding carboxylic acids is 1. The highest BCUT2D eigenvalue weighted by Gasteiger charge is 2.09. The third-order valence-electron chi connectivity index (χ3n) is 4.47. The molecule has 6 heteroatoms. The lowest BCUT2D eigenvalue weighted by atomic mass is 10.1. The van der Waals surface area contributed by atoms with Crippen molar-refractivity contribution in [3.63, 3.8) is 0 Å². The molecule has 5 nitrogen and oxygen atoms in total. The number of aryl methyl sites for hydroxylation is 1. The third-order valence-corrected chi connectivity index (χ3v) is 5.31. The van der Waals surface area contributed by atoms with Gasteiger partial charge in [-0.15, -0.1) is 5.10 Å². The van der Waals surface area contributed by atoms with Crippen molar-refractivity contribution in [3.8, 4) is 11.4 Å². The number of nitrogens with zero attached hydrogens (tertiary/aromatic N) is 2. The topological polar surface area (TPSA) is 70.7 Å². The van der Waals surface area contributed by atoms with Crippen LogP contribution in [0.15, 0.2) is 71.9 Å². The Balaban J connectivity index is 1.36. The van der Waals surface area contributed by atoms with E-state index in [-0.39, 0.29) is 11.7 Å². The quantitative estimate of drug-likeness (QED) is 0.460. The molecule has 4 aromatic rings. The second kappa shape index (κ2) is 8.27. The monoisotopic (exact) mass is 388 g/mol. The van der Waals surface area contributed by atoms with E-state index in [0.29, 0.717) is 11.0 Å². The second-order valence-corrected chi connectivity index (χ2v) is 7.36. The number of thioether (sulfide) groups is 1. The van der Waals surface area contributed by atoms with Crippen molar-refractivity contribution in [2.24, 2.45) is 0 Å². The molecule has 4 rings (SSSR count). The number of carbonyl (C=O) groups is 1. The molecule has 0 spiro atoms. The van der Waals surface area contributed by atoms with Gasteiger partial charge in [0.05, 0.1) is 5.75 Å². The summed E-state index contributed by atoms with van der Waals surface area (Å²) < 4.78 is 0. The number of hydrogen-bond donors (Lipinski definition) is 2. The molecule has 0 fully saturated rings. The lowest BCUT2D eigenvalue weighted by molar-refractivity contribution is -0.113. The van der Waals surface area contributed by atoms with Crippen LogP contribution in [-0.2, 0) is 11.2 Å². The van der Waals surface area contributed by atoms with Gasteiger partial charge in [-0.25, -0.2) is 4.98 Å². The third kappa shape index (κ3) is 4.23. The summed E-state index contributed by atoms with van der Waals surface area (Å²) in [4.78, 5) is 16.7. The molecule has 2 N–H and O–H groups in total. The van der Waals surface area contributed by atoms with E-state index in [0.717, 1.165) is 28.4 Å². The zero-order valence-electron chi connectivity index (χ0n) is 15.5. The summed E-state index contributed by atoms with van der Waals surface area (Å²) in [6, 6.07) is 22.2. The smallest absolute Gasteiger partial charge is 0.234 e. The molecule has 0 saturated heterocycles. The lowest BCUT2D eigenvalue weighted by Gasteiger charge is -2.05. The number of H-pyrrole nitrogens is 1. The fourth-order valence-electron chi connectivity index (χ4n) is 2.93. The van der Waals surface area contributed by atoms with Crippen molar-refractivity contribution < 1.29 is 4.79 Å². The molecule has 1 heterocycles. The van der Waals surface area contributed by atoms with Gasteiger partial charge >= 0.3 is 0 Å². The molecule has 0 aliphatic heterocycles. The van der Waals surface area contributed by atoms with Crippen LogP contribution in [0.5, 0.6) is 0 Å². The van der Waals surface area contributed by atoms with Gasteiger partial charge in [-0.3, -0.25) is 9.89 Å². The van der Waals surface area contributed by atoms with Gasteiger partial charge in [0, 0.05) is 11.3 Å². The fourth-order valence-corrected chi connectivity index (χ4v) is 3.53. The maximum Gasteiger partial charge on any atom is 0.234 e. The first-order valence-corrected chi connectivity index (χ1v) is 10.1. The SMILES string of the molecule is CCc1ccc(-c2nc(SCC(=O)Nc3ccc4ccccc4c3)n[nH]2)cc1. The van der Waals surface area contributed by atoms with Gasteiger partial charge in [0.25, 0.3) is 0 Å². The van der Waals surface area contributed by atoms with E-state index in [1.165, 1.54) is 17.3 Å². The zero-order chi connectivity index (χ0) is 19.3. The minimum atomic E-state index is -0.0843. The number of aromatic amines is 1. The molecule has 140 valence electrons. The largest absolute Gasteiger partial charge is 0.325 e. The van der Waals surface area contributed by atoms with Crippen molar-refractivity contribution in [1.29, 1.82) is 0 Å². The Morgan fingerprint density at radius 2 is 1.82 bits per heavy atom. The van der Waals surface area contributed by atoms with Crippen molar-refractivity contribution in [3.05, 3.63) is 72.3 Å². The van der Waals surface area contributed by atoms with Crippen molar-refractivity contribution in [2.45, 2.75) is 18.5 Å². The summed E-state index contributed by atoms with van der Waals surface area (Å²) in [5.41, 5.74) is 3.05. The Morgan fingerprint density at radius 3 is 2.61 bits per heavy atom. The summed E-state index contributed by atoms with van der Waals surface area (Å²) >= 11 is 1.31. The minimum Gasteiger partial charge on any atom is -0.325 e. The number of rotatable bonds is 6. The number of benzene rings is 3. The molecule has 0 saturated carbocycles. The van der Waals surface area contributed by atoms with Gasteiger partial charge in [-0.1, -0.05) is 73.3 Å². The Hall–Kier alpha value is -3.12. The Kier molecular flexibility index (Phi) is 5.39. The molecular formula is C22H20N4OS. The summed E-state index contributed by atoms with van der Waals surface area (Å²) in [5, 5.41) is 12.9. The maximum absolute atomic E-state index is 12.3. The number of anilines is 1. The number of aromatic nitrogens is 3. The highest BCUT2D eigenvalue weighted by atomic mass is 32.2. The van der Waals surface area contributed by atoms with Crippen molar-refractivity contribution >= 4 is 34.1 Å². The van der Waals surface area contributed by atoms with E-state index in [1.807, 2.05) is 54.6 Å². The van der Waals surface area contributed by atoms with E-state index in [2.05, 4.69) is 39.6 Å². The van der Waals surface area contributed by atoms with Gasteiger partial charge in [0.15, 0.2) is 5.82 Å². The van der Waals surface area contributed by atoms with Crippen LogP contribution in [-0.4, -0.2) is 26.8 Å². The number of fused-ring (bicyclic) bond motifs is 1. The molecule has 0 aliphatic carbocycles. The van der Waals surface area contributed by atoms with E-state index >= 15 is 0 Å². The highest BCUT2D eigenvalue weighted by molar-refractivity contribution is 7.99. The van der Waals surface area contributed by atoms with Crippen LogP contribution in [0, 0.1) is 0 Å². The van der Waals surface area contributed by atoms with Gasteiger partial charge in [-0.2, -0.15) is 0 Å².